The molecule has 0 aliphatic heterocycles. The first kappa shape index (κ1) is 11.5. The normalized spacial score (nSPS) is 32.3. The zero-order valence-corrected chi connectivity index (χ0v) is 9.33. The van der Waals surface area contributed by atoms with Gasteiger partial charge in [-0.3, -0.25) is 0 Å². The fourth-order valence-electron chi connectivity index (χ4n) is 2.68. The second-order valence-corrected chi connectivity index (χ2v) is 4.55. The van der Waals surface area contributed by atoms with Crippen LogP contribution in [0, 0.1) is 17.8 Å². The van der Waals surface area contributed by atoms with Gasteiger partial charge < -0.3 is 0 Å². The SMILES string of the molecule is CCC1CC(CC)CC(CN=C=O)C1. The Hall–Kier alpha value is -0.620. The van der Waals surface area contributed by atoms with E-state index in [2.05, 4.69) is 18.8 Å². The molecular formula is C12H21NO. The molecule has 1 aliphatic carbocycles. The van der Waals surface area contributed by atoms with Crippen molar-refractivity contribution in [3.8, 4) is 0 Å². The summed E-state index contributed by atoms with van der Waals surface area (Å²) < 4.78 is 0. The summed E-state index contributed by atoms with van der Waals surface area (Å²) in [4.78, 5) is 13.8. The van der Waals surface area contributed by atoms with Gasteiger partial charge in [0.15, 0.2) is 0 Å². The minimum Gasteiger partial charge on any atom is -0.211 e. The van der Waals surface area contributed by atoms with E-state index in [9.17, 15) is 4.79 Å². The van der Waals surface area contributed by atoms with Gasteiger partial charge in [-0.05, 0) is 37.0 Å². The van der Waals surface area contributed by atoms with Crippen LogP contribution in [-0.4, -0.2) is 12.6 Å². The van der Waals surface area contributed by atoms with Crippen molar-refractivity contribution in [3.63, 3.8) is 0 Å². The van der Waals surface area contributed by atoms with Crippen LogP contribution in [0.5, 0.6) is 0 Å². The van der Waals surface area contributed by atoms with E-state index in [0.717, 1.165) is 11.8 Å². The van der Waals surface area contributed by atoms with E-state index < -0.39 is 0 Å². The highest BCUT2D eigenvalue weighted by Crippen LogP contribution is 2.36. The Balaban J connectivity index is 2.46. The van der Waals surface area contributed by atoms with Crippen molar-refractivity contribution in [2.75, 3.05) is 6.54 Å². The monoisotopic (exact) mass is 195 g/mol. The minimum absolute atomic E-state index is 0.639. The maximum absolute atomic E-state index is 10.1. The molecule has 2 atom stereocenters. The van der Waals surface area contributed by atoms with Crippen LogP contribution in [0.2, 0.25) is 0 Å². The van der Waals surface area contributed by atoms with E-state index >= 15 is 0 Å². The topological polar surface area (TPSA) is 29.4 Å². The smallest absolute Gasteiger partial charge is 0.211 e. The Bertz CT molecular complexity index is 196. The summed E-state index contributed by atoms with van der Waals surface area (Å²) in [5, 5.41) is 0. The zero-order valence-electron chi connectivity index (χ0n) is 9.33. The van der Waals surface area contributed by atoms with Gasteiger partial charge in [0.2, 0.25) is 6.08 Å². The number of hydrogen-bond acceptors (Lipinski definition) is 2. The summed E-state index contributed by atoms with van der Waals surface area (Å²) in [5.41, 5.74) is 0. The molecular weight excluding hydrogens is 174 g/mol. The lowest BCUT2D eigenvalue weighted by molar-refractivity contribution is 0.191. The molecule has 0 aromatic rings. The number of nitrogens with zero attached hydrogens (tertiary/aromatic N) is 1. The number of aliphatic imine (C=N–C) groups is 1. The van der Waals surface area contributed by atoms with Gasteiger partial charge in [-0.25, -0.2) is 9.79 Å². The summed E-state index contributed by atoms with van der Waals surface area (Å²) in [6, 6.07) is 0. The van der Waals surface area contributed by atoms with Crippen LogP contribution in [0.4, 0.5) is 0 Å². The van der Waals surface area contributed by atoms with Crippen LogP contribution in [-0.2, 0) is 4.79 Å². The summed E-state index contributed by atoms with van der Waals surface area (Å²) in [5.74, 6) is 2.36. The summed E-state index contributed by atoms with van der Waals surface area (Å²) in [6.07, 6.45) is 8.11. The zero-order chi connectivity index (χ0) is 10.4. The van der Waals surface area contributed by atoms with Gasteiger partial charge in [0.25, 0.3) is 0 Å². The Labute approximate surface area is 86.8 Å². The van der Waals surface area contributed by atoms with Gasteiger partial charge in [0.05, 0.1) is 6.54 Å². The van der Waals surface area contributed by atoms with E-state index in [1.165, 1.54) is 32.1 Å². The number of rotatable bonds is 4. The number of hydrogen-bond donors (Lipinski definition) is 0. The van der Waals surface area contributed by atoms with Crippen molar-refractivity contribution >= 4 is 6.08 Å². The molecule has 1 saturated carbocycles. The fraction of sp³-hybridized carbons (Fsp3) is 0.917. The first-order chi connectivity index (χ1) is 6.80. The van der Waals surface area contributed by atoms with Gasteiger partial charge in [-0.1, -0.05) is 26.7 Å². The first-order valence-electron chi connectivity index (χ1n) is 5.83. The maximum Gasteiger partial charge on any atom is 0.234 e. The van der Waals surface area contributed by atoms with Gasteiger partial charge in [-0.15, -0.1) is 0 Å². The molecule has 14 heavy (non-hydrogen) atoms. The highest BCUT2D eigenvalue weighted by Gasteiger charge is 2.26. The van der Waals surface area contributed by atoms with E-state index in [0.29, 0.717) is 12.5 Å². The molecule has 0 aromatic carbocycles. The largest absolute Gasteiger partial charge is 0.234 e. The lowest BCUT2D eigenvalue weighted by Gasteiger charge is -2.33. The standard InChI is InChI=1S/C12H21NO/c1-3-10-5-11(4-2)7-12(6-10)8-13-9-14/h10-12H,3-8H2,1-2H3. The van der Waals surface area contributed by atoms with E-state index in [1.54, 1.807) is 6.08 Å². The molecule has 2 unspecified atom stereocenters. The third-order valence-electron chi connectivity index (χ3n) is 3.57. The molecule has 0 aromatic heterocycles. The lowest BCUT2D eigenvalue weighted by Crippen LogP contribution is -2.24. The molecule has 0 heterocycles. The molecule has 80 valence electrons. The van der Waals surface area contributed by atoms with Gasteiger partial charge >= 0.3 is 0 Å². The second-order valence-electron chi connectivity index (χ2n) is 4.55. The van der Waals surface area contributed by atoms with E-state index in [4.69, 9.17) is 0 Å². The predicted molar refractivity (Wildman–Crippen MR) is 57.9 cm³/mol. The summed E-state index contributed by atoms with van der Waals surface area (Å²) in [6.45, 7) is 5.24. The highest BCUT2D eigenvalue weighted by molar-refractivity contribution is 5.32. The average Bonchev–Trinajstić information content (AvgIpc) is 2.25. The van der Waals surface area contributed by atoms with Crippen molar-refractivity contribution in [1.82, 2.24) is 0 Å². The van der Waals surface area contributed by atoms with Crippen LogP contribution in [0.25, 0.3) is 0 Å². The van der Waals surface area contributed by atoms with Crippen molar-refractivity contribution in [2.45, 2.75) is 46.0 Å². The molecule has 0 N–H and O–H groups in total. The van der Waals surface area contributed by atoms with Gasteiger partial charge in [0.1, 0.15) is 0 Å². The Morgan fingerprint density at radius 3 is 2.00 bits per heavy atom. The molecule has 2 nitrogen and oxygen atoms in total. The average molecular weight is 195 g/mol. The van der Waals surface area contributed by atoms with Gasteiger partial charge in [0, 0.05) is 0 Å². The molecule has 0 spiro atoms. The first-order valence-corrected chi connectivity index (χ1v) is 5.83. The van der Waals surface area contributed by atoms with Crippen molar-refractivity contribution in [3.05, 3.63) is 0 Å². The van der Waals surface area contributed by atoms with Crippen LogP contribution >= 0.6 is 0 Å². The molecule has 1 rings (SSSR count). The van der Waals surface area contributed by atoms with Crippen LogP contribution in [0.15, 0.2) is 4.99 Å². The molecule has 0 amide bonds. The Morgan fingerprint density at radius 2 is 1.57 bits per heavy atom. The third-order valence-corrected chi connectivity index (χ3v) is 3.57. The molecule has 0 radical (unpaired) electrons. The quantitative estimate of drug-likeness (QED) is 0.500. The van der Waals surface area contributed by atoms with Crippen LogP contribution < -0.4 is 0 Å². The summed E-state index contributed by atoms with van der Waals surface area (Å²) in [7, 11) is 0. The van der Waals surface area contributed by atoms with Crippen LogP contribution in [0.1, 0.15) is 46.0 Å². The Morgan fingerprint density at radius 1 is 1.07 bits per heavy atom. The van der Waals surface area contributed by atoms with Crippen molar-refractivity contribution in [2.24, 2.45) is 22.7 Å². The predicted octanol–water partition coefficient (Wildman–Crippen LogP) is 3.17. The Kier molecular flexibility index (Phi) is 4.89. The molecule has 1 fully saturated rings. The van der Waals surface area contributed by atoms with Crippen LogP contribution in [0.3, 0.4) is 0 Å². The maximum atomic E-state index is 10.1. The molecule has 0 saturated heterocycles. The van der Waals surface area contributed by atoms with Gasteiger partial charge in [-0.2, -0.15) is 0 Å². The third kappa shape index (κ3) is 3.26. The molecule has 0 bridgehead atoms. The van der Waals surface area contributed by atoms with Crippen molar-refractivity contribution < 1.29 is 4.79 Å². The van der Waals surface area contributed by atoms with E-state index in [-0.39, 0.29) is 0 Å². The second kappa shape index (κ2) is 5.98. The molecule has 2 heteroatoms. The summed E-state index contributed by atoms with van der Waals surface area (Å²) >= 11 is 0. The van der Waals surface area contributed by atoms with Crippen molar-refractivity contribution in [1.29, 1.82) is 0 Å². The number of carbonyl (C=O) groups excluding carboxylic acids is 1. The highest BCUT2D eigenvalue weighted by atomic mass is 16.1. The van der Waals surface area contributed by atoms with E-state index in [1.807, 2.05) is 0 Å². The fourth-order valence-corrected chi connectivity index (χ4v) is 2.68. The molecule has 1 aliphatic rings. The minimum atomic E-state index is 0.639. The lowest BCUT2D eigenvalue weighted by atomic mass is 9.73. The number of isocyanates is 1.